The summed E-state index contributed by atoms with van der Waals surface area (Å²) in [7, 11) is 3.32. The van der Waals surface area contributed by atoms with E-state index in [0.29, 0.717) is 6.42 Å². The van der Waals surface area contributed by atoms with Gasteiger partial charge in [0.1, 0.15) is 5.54 Å². The molecule has 1 aromatic heterocycles. The van der Waals surface area contributed by atoms with Crippen LogP contribution in [0.15, 0.2) is 12.4 Å². The fourth-order valence-electron chi connectivity index (χ4n) is 1.48. The third kappa shape index (κ3) is 3.09. The van der Waals surface area contributed by atoms with Gasteiger partial charge in [0.25, 0.3) is 0 Å². The molecule has 0 spiro atoms. The average molecular weight is 253 g/mol. The summed E-state index contributed by atoms with van der Waals surface area (Å²) in [6.45, 7) is 3.02. The van der Waals surface area contributed by atoms with Crippen LogP contribution in [0.25, 0.3) is 0 Å². The van der Waals surface area contributed by atoms with Gasteiger partial charge in [0.05, 0.1) is 6.20 Å². The van der Waals surface area contributed by atoms with Gasteiger partial charge in [-0.2, -0.15) is 5.10 Å². The molecule has 0 aliphatic rings. The molecule has 1 amide bonds. The molecule has 0 radical (unpaired) electrons. The average Bonchev–Trinajstić information content (AvgIpc) is 2.70. The first-order valence-corrected chi connectivity index (χ1v) is 5.72. The lowest BCUT2D eigenvalue weighted by molar-refractivity contribution is -0.155. The van der Waals surface area contributed by atoms with E-state index in [1.807, 2.05) is 13.2 Å². The Morgan fingerprint density at radius 2 is 2.11 bits per heavy atom. The Morgan fingerprint density at radius 1 is 1.50 bits per heavy atom. The SMILES string of the molecule is CN(C(=O)CCc1cnn(C)c1)C(C)(C)C(=O)O. The zero-order valence-corrected chi connectivity index (χ0v) is 11.2. The molecule has 100 valence electrons. The van der Waals surface area contributed by atoms with Crippen LogP contribution in [0.2, 0.25) is 0 Å². The second kappa shape index (κ2) is 5.20. The van der Waals surface area contributed by atoms with Crippen LogP contribution in [0.1, 0.15) is 25.8 Å². The molecule has 0 bridgehead atoms. The van der Waals surface area contributed by atoms with Gasteiger partial charge in [0, 0.05) is 26.7 Å². The van der Waals surface area contributed by atoms with Crippen molar-refractivity contribution in [2.45, 2.75) is 32.2 Å². The van der Waals surface area contributed by atoms with Crippen LogP contribution in [0, 0.1) is 0 Å². The van der Waals surface area contributed by atoms with Crippen molar-refractivity contribution in [3.63, 3.8) is 0 Å². The zero-order valence-electron chi connectivity index (χ0n) is 11.2. The number of hydrogen-bond acceptors (Lipinski definition) is 3. The summed E-state index contributed by atoms with van der Waals surface area (Å²) < 4.78 is 1.67. The monoisotopic (exact) mass is 253 g/mol. The van der Waals surface area contributed by atoms with E-state index >= 15 is 0 Å². The van der Waals surface area contributed by atoms with Gasteiger partial charge < -0.3 is 10.0 Å². The highest BCUT2D eigenvalue weighted by atomic mass is 16.4. The minimum Gasteiger partial charge on any atom is -0.480 e. The molecule has 6 nitrogen and oxygen atoms in total. The highest BCUT2D eigenvalue weighted by Crippen LogP contribution is 2.14. The maximum Gasteiger partial charge on any atom is 0.329 e. The molecule has 18 heavy (non-hydrogen) atoms. The van der Waals surface area contributed by atoms with E-state index in [2.05, 4.69) is 5.10 Å². The number of carbonyl (C=O) groups excluding carboxylic acids is 1. The molecule has 6 heteroatoms. The van der Waals surface area contributed by atoms with E-state index < -0.39 is 11.5 Å². The van der Waals surface area contributed by atoms with Crippen molar-refractivity contribution < 1.29 is 14.7 Å². The van der Waals surface area contributed by atoms with Gasteiger partial charge in [0.2, 0.25) is 5.91 Å². The van der Waals surface area contributed by atoms with Crippen molar-refractivity contribution in [3.8, 4) is 0 Å². The standard InChI is InChI=1S/C12H19N3O3/c1-12(2,11(17)18)15(4)10(16)6-5-9-7-13-14(3)8-9/h7-8H,5-6H2,1-4H3,(H,17,18). The van der Waals surface area contributed by atoms with Gasteiger partial charge in [-0.15, -0.1) is 0 Å². The lowest BCUT2D eigenvalue weighted by Gasteiger charge is -2.31. The van der Waals surface area contributed by atoms with Crippen molar-refractivity contribution in [2.75, 3.05) is 7.05 Å². The number of nitrogens with zero attached hydrogens (tertiary/aromatic N) is 3. The second-order valence-electron chi connectivity index (χ2n) is 4.84. The van der Waals surface area contributed by atoms with Crippen LogP contribution in [0.4, 0.5) is 0 Å². The molecule has 0 aromatic carbocycles. The second-order valence-corrected chi connectivity index (χ2v) is 4.84. The predicted molar refractivity (Wildman–Crippen MR) is 66.0 cm³/mol. The molecule has 1 heterocycles. The molecule has 0 saturated carbocycles. The lowest BCUT2D eigenvalue weighted by Crippen LogP contribution is -2.50. The number of hydrogen-bond donors (Lipinski definition) is 1. The summed E-state index contributed by atoms with van der Waals surface area (Å²) in [6, 6.07) is 0. The fraction of sp³-hybridized carbons (Fsp3) is 0.583. The zero-order chi connectivity index (χ0) is 13.9. The highest BCUT2D eigenvalue weighted by molar-refractivity contribution is 5.86. The van der Waals surface area contributed by atoms with Gasteiger partial charge in [-0.05, 0) is 25.8 Å². The van der Waals surface area contributed by atoms with Crippen LogP contribution in [0.3, 0.4) is 0 Å². The summed E-state index contributed by atoms with van der Waals surface area (Å²) in [5, 5.41) is 13.1. The van der Waals surface area contributed by atoms with E-state index in [1.54, 1.807) is 10.9 Å². The van der Waals surface area contributed by atoms with Crippen LogP contribution >= 0.6 is 0 Å². The predicted octanol–water partition coefficient (Wildman–Crippen LogP) is 0.674. The number of carboxylic acid groups (broad SMARTS) is 1. The van der Waals surface area contributed by atoms with Crippen LogP contribution < -0.4 is 0 Å². The van der Waals surface area contributed by atoms with E-state index in [4.69, 9.17) is 5.11 Å². The third-order valence-electron chi connectivity index (χ3n) is 3.12. The molecule has 1 rings (SSSR count). The number of aromatic nitrogens is 2. The number of rotatable bonds is 5. The van der Waals surface area contributed by atoms with Crippen LogP contribution in [0.5, 0.6) is 0 Å². The molecular weight excluding hydrogens is 234 g/mol. The van der Waals surface area contributed by atoms with Gasteiger partial charge >= 0.3 is 5.97 Å². The third-order valence-corrected chi connectivity index (χ3v) is 3.12. The lowest BCUT2D eigenvalue weighted by atomic mass is 10.0. The van der Waals surface area contributed by atoms with Gasteiger partial charge in [-0.25, -0.2) is 4.79 Å². The van der Waals surface area contributed by atoms with Crippen LogP contribution in [-0.2, 0) is 23.1 Å². The van der Waals surface area contributed by atoms with Crippen molar-refractivity contribution >= 4 is 11.9 Å². The van der Waals surface area contributed by atoms with Crippen LogP contribution in [-0.4, -0.2) is 44.3 Å². The molecule has 1 N–H and O–H groups in total. The minimum atomic E-state index is -1.19. The molecule has 0 saturated heterocycles. The molecule has 1 aromatic rings. The summed E-state index contributed by atoms with van der Waals surface area (Å²) in [4.78, 5) is 24.2. The van der Waals surface area contributed by atoms with Crippen molar-refractivity contribution in [1.29, 1.82) is 0 Å². The van der Waals surface area contributed by atoms with Gasteiger partial charge in [-0.1, -0.05) is 0 Å². The Hall–Kier alpha value is -1.85. The number of aryl methyl sites for hydroxylation is 2. The first-order chi connectivity index (χ1) is 8.25. The van der Waals surface area contributed by atoms with E-state index in [9.17, 15) is 9.59 Å². The topological polar surface area (TPSA) is 75.4 Å². The molecule has 0 aliphatic heterocycles. The number of carbonyl (C=O) groups is 2. The number of likely N-dealkylation sites (N-methyl/N-ethyl adjacent to an activating group) is 1. The summed E-state index contributed by atoms with van der Waals surface area (Å²) >= 11 is 0. The first kappa shape index (κ1) is 14.2. The van der Waals surface area contributed by atoms with E-state index in [0.717, 1.165) is 5.56 Å². The van der Waals surface area contributed by atoms with Crippen molar-refractivity contribution in [1.82, 2.24) is 14.7 Å². The van der Waals surface area contributed by atoms with E-state index in [-0.39, 0.29) is 12.3 Å². The van der Waals surface area contributed by atoms with Crippen molar-refractivity contribution in [3.05, 3.63) is 18.0 Å². The minimum absolute atomic E-state index is 0.189. The Labute approximate surface area is 106 Å². The molecule has 0 fully saturated rings. The summed E-state index contributed by atoms with van der Waals surface area (Å²) in [5.41, 5.74) is -0.223. The fourth-order valence-corrected chi connectivity index (χ4v) is 1.48. The Balaban J connectivity index is 2.58. The number of amides is 1. The van der Waals surface area contributed by atoms with Gasteiger partial charge in [0.15, 0.2) is 0 Å². The Morgan fingerprint density at radius 3 is 2.56 bits per heavy atom. The van der Waals surface area contributed by atoms with Crippen molar-refractivity contribution in [2.24, 2.45) is 7.05 Å². The maximum atomic E-state index is 11.9. The molecule has 0 unspecified atom stereocenters. The molecular formula is C12H19N3O3. The molecule has 0 atom stereocenters. The molecule has 0 aliphatic carbocycles. The summed E-state index contributed by atoms with van der Waals surface area (Å²) in [5.74, 6) is -1.20. The number of aliphatic carboxylic acids is 1. The first-order valence-electron chi connectivity index (χ1n) is 5.72. The Bertz CT molecular complexity index is 451. The normalized spacial score (nSPS) is 11.3. The quantitative estimate of drug-likeness (QED) is 0.837. The van der Waals surface area contributed by atoms with Gasteiger partial charge in [-0.3, -0.25) is 9.48 Å². The maximum absolute atomic E-state index is 11.9. The number of carboxylic acids is 1. The van der Waals surface area contributed by atoms with E-state index in [1.165, 1.54) is 25.8 Å². The smallest absolute Gasteiger partial charge is 0.329 e. The summed E-state index contributed by atoms with van der Waals surface area (Å²) in [6.07, 6.45) is 4.39. The highest BCUT2D eigenvalue weighted by Gasteiger charge is 2.34. The Kier molecular flexibility index (Phi) is 4.11. The largest absolute Gasteiger partial charge is 0.480 e.